The van der Waals surface area contributed by atoms with Gasteiger partial charge in [0, 0.05) is 15.4 Å². The first-order chi connectivity index (χ1) is 8.20. The Labute approximate surface area is 112 Å². The normalized spacial score (nSPS) is 10.2. The van der Waals surface area contributed by atoms with E-state index in [0.717, 1.165) is 15.7 Å². The number of hydrogen-bond donors (Lipinski definition) is 0. The van der Waals surface area contributed by atoms with Gasteiger partial charge in [-0.3, -0.25) is 0 Å². The van der Waals surface area contributed by atoms with Crippen LogP contribution in [-0.4, -0.2) is 17.6 Å². The second-order valence-electron chi connectivity index (χ2n) is 3.27. The highest BCUT2D eigenvalue weighted by Gasteiger charge is 2.12. The lowest BCUT2D eigenvalue weighted by Crippen LogP contribution is -2.03. The summed E-state index contributed by atoms with van der Waals surface area (Å²) in [6.45, 7) is 2.15. The summed E-state index contributed by atoms with van der Waals surface area (Å²) in [6.07, 6.45) is 0. The van der Waals surface area contributed by atoms with Gasteiger partial charge < -0.3 is 4.74 Å². The summed E-state index contributed by atoms with van der Waals surface area (Å²) in [4.78, 5) is 15.7. The Balaban J connectivity index is 2.23. The average Bonchev–Trinajstić information content (AvgIpc) is 2.80. The Morgan fingerprint density at radius 1 is 1.41 bits per heavy atom. The molecule has 0 amide bonds. The van der Waals surface area contributed by atoms with Crippen LogP contribution >= 0.6 is 27.3 Å². The van der Waals surface area contributed by atoms with Crippen LogP contribution < -0.4 is 0 Å². The highest BCUT2D eigenvalue weighted by atomic mass is 79.9. The second kappa shape index (κ2) is 5.42. The van der Waals surface area contributed by atoms with Crippen molar-refractivity contribution in [1.29, 1.82) is 0 Å². The van der Waals surface area contributed by atoms with Crippen LogP contribution in [0.3, 0.4) is 0 Å². The molecule has 88 valence electrons. The lowest BCUT2D eigenvalue weighted by atomic mass is 10.2. The van der Waals surface area contributed by atoms with E-state index in [1.807, 2.05) is 29.6 Å². The van der Waals surface area contributed by atoms with Crippen molar-refractivity contribution in [3.8, 4) is 11.3 Å². The van der Waals surface area contributed by atoms with E-state index in [9.17, 15) is 4.79 Å². The Morgan fingerprint density at radius 2 is 2.12 bits per heavy atom. The fourth-order valence-corrected chi connectivity index (χ4v) is 2.30. The van der Waals surface area contributed by atoms with Crippen LogP contribution in [0.25, 0.3) is 11.3 Å². The quantitative estimate of drug-likeness (QED) is 0.810. The number of carbonyl (C=O) groups is 1. The zero-order valence-electron chi connectivity index (χ0n) is 9.14. The molecule has 0 aliphatic rings. The van der Waals surface area contributed by atoms with Crippen LogP contribution in [0.2, 0.25) is 0 Å². The van der Waals surface area contributed by atoms with Crippen molar-refractivity contribution in [2.75, 3.05) is 6.61 Å². The third-order valence-corrected chi connectivity index (χ3v) is 3.45. The minimum Gasteiger partial charge on any atom is -0.461 e. The van der Waals surface area contributed by atoms with E-state index >= 15 is 0 Å². The summed E-state index contributed by atoms with van der Waals surface area (Å²) in [5.41, 5.74) is 1.78. The van der Waals surface area contributed by atoms with E-state index in [4.69, 9.17) is 4.74 Å². The van der Waals surface area contributed by atoms with Gasteiger partial charge in [0.2, 0.25) is 5.01 Å². The van der Waals surface area contributed by atoms with Crippen molar-refractivity contribution in [3.05, 3.63) is 39.1 Å². The Bertz CT molecular complexity index is 522. The smallest absolute Gasteiger partial charge is 0.367 e. The maximum atomic E-state index is 11.5. The molecular formula is C12H10BrNO2S. The van der Waals surface area contributed by atoms with Crippen LogP contribution in [0.5, 0.6) is 0 Å². The zero-order chi connectivity index (χ0) is 12.3. The van der Waals surface area contributed by atoms with Crippen molar-refractivity contribution < 1.29 is 9.53 Å². The van der Waals surface area contributed by atoms with Gasteiger partial charge in [-0.2, -0.15) is 0 Å². The molecule has 0 radical (unpaired) electrons. The SMILES string of the molecule is CCOC(=O)c1nc(-c2ccc(Br)cc2)cs1. The molecule has 0 fully saturated rings. The fourth-order valence-electron chi connectivity index (χ4n) is 1.31. The van der Waals surface area contributed by atoms with Gasteiger partial charge in [-0.05, 0) is 19.1 Å². The molecule has 0 aliphatic carbocycles. The summed E-state index contributed by atoms with van der Waals surface area (Å²) in [5.74, 6) is -0.360. The molecule has 0 unspecified atom stereocenters. The van der Waals surface area contributed by atoms with E-state index < -0.39 is 0 Å². The van der Waals surface area contributed by atoms with Crippen molar-refractivity contribution >= 4 is 33.2 Å². The summed E-state index contributed by atoms with van der Waals surface area (Å²) >= 11 is 4.67. The topological polar surface area (TPSA) is 39.2 Å². The summed E-state index contributed by atoms with van der Waals surface area (Å²) in [7, 11) is 0. The number of hydrogen-bond acceptors (Lipinski definition) is 4. The van der Waals surface area contributed by atoms with Gasteiger partial charge in [0.1, 0.15) is 0 Å². The van der Waals surface area contributed by atoms with E-state index in [1.165, 1.54) is 11.3 Å². The number of benzene rings is 1. The summed E-state index contributed by atoms with van der Waals surface area (Å²) < 4.78 is 5.91. The first-order valence-corrected chi connectivity index (χ1v) is 6.76. The minimum atomic E-state index is -0.360. The largest absolute Gasteiger partial charge is 0.461 e. The van der Waals surface area contributed by atoms with Gasteiger partial charge in [0.05, 0.1) is 12.3 Å². The molecule has 1 aromatic heterocycles. The first kappa shape index (κ1) is 12.3. The number of halogens is 1. The van der Waals surface area contributed by atoms with E-state index in [2.05, 4.69) is 20.9 Å². The van der Waals surface area contributed by atoms with Gasteiger partial charge in [-0.1, -0.05) is 28.1 Å². The van der Waals surface area contributed by atoms with Crippen molar-refractivity contribution in [2.24, 2.45) is 0 Å². The molecule has 0 saturated heterocycles. The lowest BCUT2D eigenvalue weighted by molar-refractivity contribution is 0.0526. The number of carbonyl (C=O) groups excluding carboxylic acids is 1. The molecule has 5 heteroatoms. The third-order valence-electron chi connectivity index (χ3n) is 2.09. The number of ether oxygens (including phenoxy) is 1. The average molecular weight is 312 g/mol. The summed E-state index contributed by atoms with van der Waals surface area (Å²) in [6, 6.07) is 7.79. The van der Waals surface area contributed by atoms with Crippen molar-refractivity contribution in [1.82, 2.24) is 4.98 Å². The molecule has 3 nitrogen and oxygen atoms in total. The molecule has 0 spiro atoms. The molecule has 1 aromatic carbocycles. The second-order valence-corrected chi connectivity index (χ2v) is 5.04. The monoisotopic (exact) mass is 311 g/mol. The molecule has 0 atom stereocenters. The van der Waals surface area contributed by atoms with Crippen molar-refractivity contribution in [2.45, 2.75) is 6.92 Å². The standard InChI is InChI=1S/C12H10BrNO2S/c1-2-16-12(15)11-14-10(7-17-11)8-3-5-9(13)6-4-8/h3-7H,2H2,1H3. The Morgan fingerprint density at radius 3 is 2.76 bits per heavy atom. The number of aromatic nitrogens is 1. The van der Waals surface area contributed by atoms with Gasteiger partial charge in [0.15, 0.2) is 0 Å². The first-order valence-electron chi connectivity index (χ1n) is 5.09. The highest BCUT2D eigenvalue weighted by Crippen LogP contribution is 2.23. The van der Waals surface area contributed by atoms with E-state index in [1.54, 1.807) is 6.92 Å². The number of thiazole rings is 1. The predicted molar refractivity (Wildman–Crippen MR) is 71.2 cm³/mol. The van der Waals surface area contributed by atoms with Crippen LogP contribution in [0.1, 0.15) is 16.7 Å². The highest BCUT2D eigenvalue weighted by molar-refractivity contribution is 9.10. The Kier molecular flexibility index (Phi) is 3.91. The molecule has 0 saturated carbocycles. The minimum absolute atomic E-state index is 0.360. The number of nitrogens with zero attached hydrogens (tertiary/aromatic N) is 1. The van der Waals surface area contributed by atoms with Gasteiger partial charge in [0.25, 0.3) is 0 Å². The van der Waals surface area contributed by atoms with Crippen LogP contribution in [-0.2, 0) is 4.74 Å². The molecule has 2 rings (SSSR count). The van der Waals surface area contributed by atoms with Gasteiger partial charge >= 0.3 is 5.97 Å². The third kappa shape index (κ3) is 2.92. The van der Waals surface area contributed by atoms with E-state index in [-0.39, 0.29) is 5.97 Å². The maximum absolute atomic E-state index is 11.5. The van der Waals surface area contributed by atoms with Crippen molar-refractivity contribution in [3.63, 3.8) is 0 Å². The van der Waals surface area contributed by atoms with E-state index in [0.29, 0.717) is 11.6 Å². The number of rotatable bonds is 3. The lowest BCUT2D eigenvalue weighted by Gasteiger charge is -1.97. The molecule has 0 aliphatic heterocycles. The Hall–Kier alpha value is -1.20. The maximum Gasteiger partial charge on any atom is 0.367 e. The molecule has 0 bridgehead atoms. The predicted octanol–water partition coefficient (Wildman–Crippen LogP) is 3.75. The van der Waals surface area contributed by atoms with Crippen LogP contribution in [0.15, 0.2) is 34.1 Å². The van der Waals surface area contributed by atoms with Crippen LogP contribution in [0, 0.1) is 0 Å². The fraction of sp³-hybridized carbons (Fsp3) is 0.167. The van der Waals surface area contributed by atoms with Gasteiger partial charge in [-0.25, -0.2) is 9.78 Å². The van der Waals surface area contributed by atoms with Gasteiger partial charge in [-0.15, -0.1) is 11.3 Å². The zero-order valence-corrected chi connectivity index (χ0v) is 11.5. The van der Waals surface area contributed by atoms with Crippen LogP contribution in [0.4, 0.5) is 0 Å². The molecule has 2 aromatic rings. The summed E-state index contributed by atoms with van der Waals surface area (Å²) in [5, 5.41) is 2.25. The molecule has 0 N–H and O–H groups in total. The number of esters is 1. The molecule has 1 heterocycles. The molecule has 17 heavy (non-hydrogen) atoms. The molecular weight excluding hydrogens is 302 g/mol.